The van der Waals surface area contributed by atoms with Gasteiger partial charge in [-0.3, -0.25) is 4.79 Å². The minimum absolute atomic E-state index is 0.0140. The predicted molar refractivity (Wildman–Crippen MR) is 86.1 cm³/mol. The lowest BCUT2D eigenvalue weighted by Gasteiger charge is -2.33. The van der Waals surface area contributed by atoms with Crippen LogP contribution < -0.4 is 0 Å². The van der Waals surface area contributed by atoms with Gasteiger partial charge in [0.2, 0.25) is 0 Å². The van der Waals surface area contributed by atoms with Crippen LogP contribution in [0.15, 0.2) is 0 Å². The van der Waals surface area contributed by atoms with Crippen molar-refractivity contribution in [3.05, 3.63) is 0 Å². The number of hydrogen-bond donors (Lipinski definition) is 1. The highest BCUT2D eigenvalue weighted by Gasteiger charge is 2.68. The van der Waals surface area contributed by atoms with Crippen molar-refractivity contribution in [2.24, 2.45) is 17.3 Å². The molecule has 0 aliphatic heterocycles. The Morgan fingerprint density at radius 1 is 1.33 bits per heavy atom. The van der Waals surface area contributed by atoms with Gasteiger partial charge >= 0.3 is 5.97 Å². The van der Waals surface area contributed by atoms with Gasteiger partial charge in [0, 0.05) is 5.92 Å². The Morgan fingerprint density at radius 3 is 2.00 bits per heavy atom. The average Bonchev–Trinajstić information content (AvgIpc) is 2.60. The molecule has 0 aromatic heterocycles. The lowest BCUT2D eigenvalue weighted by molar-refractivity contribution is -0.139. The van der Waals surface area contributed by atoms with Crippen LogP contribution in [-0.2, 0) is 9.22 Å². The molecule has 18 heavy (non-hydrogen) atoms. The molecule has 1 saturated carbocycles. The lowest BCUT2D eigenvalue weighted by atomic mass is 10.1. The minimum Gasteiger partial charge on any atom is -0.481 e. The Morgan fingerprint density at radius 2 is 1.78 bits per heavy atom. The van der Waals surface area contributed by atoms with Gasteiger partial charge < -0.3 is 9.53 Å². The Hall–Kier alpha value is 1.09. The van der Waals surface area contributed by atoms with E-state index in [1.54, 1.807) is 0 Å². The Labute approximate surface area is 135 Å². The van der Waals surface area contributed by atoms with Gasteiger partial charge in [0.15, 0.2) is 10.5 Å². The van der Waals surface area contributed by atoms with E-state index in [1.165, 1.54) is 0 Å². The molecular formula is C11H19Br3O3Si. The summed E-state index contributed by atoms with van der Waals surface area (Å²) in [6, 6.07) is 0. The summed E-state index contributed by atoms with van der Waals surface area (Å²) >= 11 is 10.5. The second kappa shape index (κ2) is 5.13. The van der Waals surface area contributed by atoms with Crippen LogP contribution in [0.2, 0.25) is 19.6 Å². The molecule has 1 rings (SSSR count). The summed E-state index contributed by atoms with van der Waals surface area (Å²) in [7, 11) is -1.76. The molecule has 0 unspecified atom stereocenters. The number of carboxylic acid groups (broad SMARTS) is 1. The van der Waals surface area contributed by atoms with Crippen molar-refractivity contribution >= 4 is 62.1 Å². The molecule has 1 N–H and O–H groups in total. The zero-order chi connectivity index (χ0) is 14.5. The topological polar surface area (TPSA) is 46.5 Å². The van der Waals surface area contributed by atoms with Gasteiger partial charge in [-0.05, 0) is 25.1 Å². The van der Waals surface area contributed by atoms with E-state index in [0.29, 0.717) is 0 Å². The van der Waals surface area contributed by atoms with Gasteiger partial charge in [0.05, 0.1) is 12.0 Å². The molecule has 3 atom stereocenters. The highest BCUT2D eigenvalue weighted by atomic mass is 80.0. The summed E-state index contributed by atoms with van der Waals surface area (Å²) in [5, 5.41) is 9.28. The van der Waals surface area contributed by atoms with Crippen molar-refractivity contribution in [1.29, 1.82) is 0 Å². The normalized spacial score (nSPS) is 28.9. The van der Waals surface area contributed by atoms with Gasteiger partial charge in [0.25, 0.3) is 0 Å². The predicted octanol–water partition coefficient (Wildman–Crippen LogP) is 4.40. The van der Waals surface area contributed by atoms with Gasteiger partial charge in [0.1, 0.15) is 0 Å². The summed E-state index contributed by atoms with van der Waals surface area (Å²) in [6.45, 7) is 10.3. The second-order valence-electron chi connectivity index (χ2n) is 6.36. The van der Waals surface area contributed by atoms with Crippen molar-refractivity contribution < 1.29 is 14.3 Å². The molecule has 1 aliphatic carbocycles. The van der Waals surface area contributed by atoms with Crippen LogP contribution in [0.4, 0.5) is 0 Å². The van der Waals surface area contributed by atoms with E-state index in [9.17, 15) is 9.90 Å². The minimum atomic E-state index is -1.76. The third-order valence-electron chi connectivity index (χ3n) is 3.31. The smallest absolute Gasteiger partial charge is 0.307 e. The van der Waals surface area contributed by atoms with E-state index in [4.69, 9.17) is 4.43 Å². The monoisotopic (exact) mass is 464 g/mol. The van der Waals surface area contributed by atoms with Gasteiger partial charge in [-0.1, -0.05) is 61.6 Å². The Balaban J connectivity index is 2.98. The molecule has 0 heterocycles. The molecule has 0 radical (unpaired) electrons. The van der Waals surface area contributed by atoms with Crippen molar-refractivity contribution in [2.45, 2.75) is 41.7 Å². The fraction of sp³-hybridized carbons (Fsp3) is 0.909. The summed E-state index contributed by atoms with van der Waals surface area (Å²) in [6.07, 6.45) is -0.222. The number of carboxylic acids is 1. The van der Waals surface area contributed by atoms with Crippen LogP contribution in [0.5, 0.6) is 0 Å². The van der Waals surface area contributed by atoms with Gasteiger partial charge in [-0.15, -0.1) is 0 Å². The standard InChI is InChI=1S/C11H19Br3O3Si/c1-10(2)6(7(10)9(15)16)8(11(12,13)14)17-18(3,4)5/h6-8H,1-5H3,(H,15,16)/t6-,7+,8+/m1/s1. The van der Waals surface area contributed by atoms with Crippen LogP contribution >= 0.6 is 47.8 Å². The Bertz CT molecular complexity index is 346. The number of halogens is 3. The molecule has 0 spiro atoms. The van der Waals surface area contributed by atoms with E-state index >= 15 is 0 Å². The zero-order valence-electron chi connectivity index (χ0n) is 11.1. The molecule has 0 aromatic rings. The van der Waals surface area contributed by atoms with E-state index in [-0.39, 0.29) is 23.4 Å². The third kappa shape index (κ3) is 3.81. The average molecular weight is 467 g/mol. The summed E-state index contributed by atoms with van der Waals surface area (Å²) in [4.78, 5) is 11.3. The maximum atomic E-state index is 11.3. The van der Waals surface area contributed by atoms with Crippen LogP contribution in [0.1, 0.15) is 13.8 Å². The van der Waals surface area contributed by atoms with Crippen molar-refractivity contribution in [2.75, 3.05) is 0 Å². The van der Waals surface area contributed by atoms with Crippen molar-refractivity contribution in [3.63, 3.8) is 0 Å². The molecule has 106 valence electrons. The van der Waals surface area contributed by atoms with Crippen LogP contribution in [0, 0.1) is 17.3 Å². The fourth-order valence-corrected chi connectivity index (χ4v) is 5.18. The van der Waals surface area contributed by atoms with Crippen molar-refractivity contribution in [1.82, 2.24) is 0 Å². The van der Waals surface area contributed by atoms with E-state index < -0.39 is 16.4 Å². The summed E-state index contributed by atoms with van der Waals surface area (Å²) in [5.74, 6) is -1.11. The summed E-state index contributed by atoms with van der Waals surface area (Å²) in [5.41, 5.74) is -0.239. The molecule has 0 amide bonds. The van der Waals surface area contributed by atoms with Crippen LogP contribution in [0.3, 0.4) is 0 Å². The van der Waals surface area contributed by atoms with Gasteiger partial charge in [-0.2, -0.15) is 0 Å². The molecular weight excluding hydrogens is 448 g/mol. The first kappa shape index (κ1) is 17.1. The van der Waals surface area contributed by atoms with Crippen LogP contribution in [-0.4, -0.2) is 27.6 Å². The third-order valence-corrected chi connectivity index (χ3v) is 5.62. The number of rotatable bonds is 4. The largest absolute Gasteiger partial charge is 0.481 e. The van der Waals surface area contributed by atoms with Gasteiger partial charge in [-0.25, -0.2) is 0 Å². The molecule has 0 saturated heterocycles. The Kier molecular flexibility index (Phi) is 4.88. The number of hydrogen-bond acceptors (Lipinski definition) is 2. The SMILES string of the molecule is CC1(C)[C@@H]([C@H](O[Si](C)(C)C)C(Br)(Br)Br)[C@H]1C(=O)O. The number of alkyl halides is 3. The maximum absolute atomic E-state index is 11.3. The molecule has 1 fully saturated rings. The number of carbonyl (C=O) groups is 1. The first-order chi connectivity index (χ1) is 7.78. The molecule has 1 aliphatic rings. The lowest BCUT2D eigenvalue weighted by Crippen LogP contribution is -2.41. The van der Waals surface area contributed by atoms with E-state index in [2.05, 4.69) is 67.4 Å². The second-order valence-corrected chi connectivity index (χ2v) is 17.8. The number of aliphatic carboxylic acids is 1. The summed E-state index contributed by atoms with van der Waals surface area (Å²) < 4.78 is 5.59. The molecule has 3 nitrogen and oxygen atoms in total. The van der Waals surface area contributed by atoms with E-state index in [0.717, 1.165) is 0 Å². The quantitative estimate of drug-likeness (QED) is 0.493. The van der Waals surface area contributed by atoms with Crippen LogP contribution in [0.25, 0.3) is 0 Å². The maximum Gasteiger partial charge on any atom is 0.307 e. The fourth-order valence-electron chi connectivity index (χ4n) is 2.44. The molecule has 0 bridgehead atoms. The van der Waals surface area contributed by atoms with E-state index in [1.807, 2.05) is 13.8 Å². The zero-order valence-corrected chi connectivity index (χ0v) is 16.9. The highest BCUT2D eigenvalue weighted by Crippen LogP contribution is 2.64. The van der Waals surface area contributed by atoms with Crippen molar-refractivity contribution in [3.8, 4) is 0 Å². The first-order valence-electron chi connectivity index (χ1n) is 5.76. The first-order valence-corrected chi connectivity index (χ1v) is 11.5. The molecule has 0 aromatic carbocycles. The highest BCUT2D eigenvalue weighted by molar-refractivity contribution is 9.39. The molecule has 7 heteroatoms.